The largest absolute Gasteiger partial charge is 0.476 e. The van der Waals surface area contributed by atoms with Crippen molar-refractivity contribution in [1.82, 2.24) is 9.97 Å². The quantitative estimate of drug-likeness (QED) is 0.741. The van der Waals surface area contributed by atoms with E-state index in [1.165, 1.54) is 6.20 Å². The number of carbonyl (C=O) groups excluding carboxylic acids is 1. The number of hydrogen-bond acceptors (Lipinski definition) is 4. The maximum Gasteiger partial charge on any atom is 0.355 e. The van der Waals surface area contributed by atoms with Gasteiger partial charge in [0.2, 0.25) is 0 Å². The Labute approximate surface area is 86.2 Å². The maximum absolute atomic E-state index is 10.8. The third-order valence-electron chi connectivity index (χ3n) is 2.36. The van der Waals surface area contributed by atoms with Crippen molar-refractivity contribution >= 4 is 12.3 Å². The fourth-order valence-corrected chi connectivity index (χ4v) is 1.36. The van der Waals surface area contributed by atoms with Gasteiger partial charge in [-0.1, -0.05) is 0 Å². The predicted molar refractivity (Wildman–Crippen MR) is 50.8 cm³/mol. The second-order valence-corrected chi connectivity index (χ2v) is 3.66. The van der Waals surface area contributed by atoms with Gasteiger partial charge in [0.05, 0.1) is 5.56 Å². The predicted octanol–water partition coefficient (Wildman–Crippen LogP) is 0.940. The molecule has 1 aromatic heterocycles. The number of nitrogens with zero attached hydrogens (tertiary/aromatic N) is 2. The number of aromatic carboxylic acids is 1. The minimum atomic E-state index is -1.18. The first-order chi connectivity index (χ1) is 7.20. The van der Waals surface area contributed by atoms with E-state index in [1.807, 2.05) is 0 Å². The summed E-state index contributed by atoms with van der Waals surface area (Å²) < 4.78 is 0. The fraction of sp³-hybridized carbons (Fsp3) is 0.400. The number of carboxylic acids is 1. The molecule has 0 radical (unpaired) electrons. The summed E-state index contributed by atoms with van der Waals surface area (Å²) >= 11 is 0. The summed E-state index contributed by atoms with van der Waals surface area (Å²) in [6.07, 6.45) is 4.76. The van der Waals surface area contributed by atoms with E-state index in [0.717, 1.165) is 12.8 Å². The van der Waals surface area contributed by atoms with Crippen molar-refractivity contribution in [2.45, 2.75) is 19.3 Å². The number of carbonyl (C=O) groups is 2. The van der Waals surface area contributed by atoms with Gasteiger partial charge in [0.25, 0.3) is 0 Å². The molecule has 0 saturated heterocycles. The average Bonchev–Trinajstić information content (AvgIpc) is 3.01. The van der Waals surface area contributed by atoms with Gasteiger partial charge in [-0.25, -0.2) is 14.8 Å². The van der Waals surface area contributed by atoms with Crippen LogP contribution in [0.2, 0.25) is 0 Å². The Bertz CT molecular complexity index is 413. The van der Waals surface area contributed by atoms with Crippen molar-refractivity contribution in [3.8, 4) is 0 Å². The van der Waals surface area contributed by atoms with Crippen LogP contribution < -0.4 is 0 Å². The van der Waals surface area contributed by atoms with E-state index in [1.54, 1.807) is 0 Å². The molecular formula is C10H10N2O3. The Balaban J connectivity index is 2.30. The second kappa shape index (κ2) is 3.76. The van der Waals surface area contributed by atoms with Crippen molar-refractivity contribution < 1.29 is 14.7 Å². The van der Waals surface area contributed by atoms with E-state index in [9.17, 15) is 9.59 Å². The first-order valence-electron chi connectivity index (χ1n) is 4.75. The molecule has 1 aromatic rings. The van der Waals surface area contributed by atoms with Crippen molar-refractivity contribution in [2.24, 2.45) is 5.92 Å². The standard InChI is InChI=1S/C10H10N2O3/c13-5-7-4-11-8(3-6-1-2-6)12-9(7)10(14)15/h4-6H,1-3H2,(H,14,15). The highest BCUT2D eigenvalue weighted by atomic mass is 16.4. The first-order valence-corrected chi connectivity index (χ1v) is 4.75. The number of aldehydes is 1. The molecule has 2 rings (SSSR count). The summed E-state index contributed by atoms with van der Waals surface area (Å²) in [6.45, 7) is 0. The molecule has 1 fully saturated rings. The average molecular weight is 206 g/mol. The van der Waals surface area contributed by atoms with Gasteiger partial charge >= 0.3 is 5.97 Å². The molecule has 0 spiro atoms. The molecule has 0 amide bonds. The highest BCUT2D eigenvalue weighted by Crippen LogP contribution is 2.31. The van der Waals surface area contributed by atoms with Gasteiger partial charge in [0, 0.05) is 12.6 Å². The summed E-state index contributed by atoms with van der Waals surface area (Å²) in [5.41, 5.74) is -0.169. The van der Waals surface area contributed by atoms with E-state index in [2.05, 4.69) is 9.97 Å². The number of aromatic nitrogens is 2. The molecule has 0 atom stereocenters. The summed E-state index contributed by atoms with van der Waals surface area (Å²) in [5, 5.41) is 8.82. The Morgan fingerprint density at radius 3 is 2.87 bits per heavy atom. The van der Waals surface area contributed by atoms with Gasteiger partial charge in [0.1, 0.15) is 5.82 Å². The van der Waals surface area contributed by atoms with Crippen molar-refractivity contribution in [2.75, 3.05) is 0 Å². The van der Waals surface area contributed by atoms with E-state index >= 15 is 0 Å². The minimum Gasteiger partial charge on any atom is -0.476 e. The molecule has 5 nitrogen and oxygen atoms in total. The van der Waals surface area contributed by atoms with Crippen LogP contribution in [0.5, 0.6) is 0 Å². The lowest BCUT2D eigenvalue weighted by molar-refractivity contribution is 0.0686. The minimum absolute atomic E-state index is 0.0297. The van der Waals surface area contributed by atoms with Crippen LogP contribution in [0.1, 0.15) is 39.5 Å². The third kappa shape index (κ3) is 2.18. The Morgan fingerprint density at radius 2 is 2.33 bits per heavy atom. The lowest BCUT2D eigenvalue weighted by Gasteiger charge is -2.01. The molecule has 1 N–H and O–H groups in total. The van der Waals surface area contributed by atoms with Gasteiger partial charge in [-0.05, 0) is 18.8 Å². The summed E-state index contributed by atoms with van der Waals surface area (Å²) in [4.78, 5) is 29.2. The van der Waals surface area contributed by atoms with Crippen molar-refractivity contribution in [3.05, 3.63) is 23.3 Å². The van der Waals surface area contributed by atoms with Crippen molar-refractivity contribution in [3.63, 3.8) is 0 Å². The van der Waals surface area contributed by atoms with E-state index < -0.39 is 5.97 Å². The molecular weight excluding hydrogens is 196 g/mol. The van der Waals surface area contributed by atoms with Gasteiger partial charge < -0.3 is 5.11 Å². The Morgan fingerprint density at radius 1 is 1.60 bits per heavy atom. The zero-order valence-corrected chi connectivity index (χ0v) is 8.01. The SMILES string of the molecule is O=Cc1cnc(CC2CC2)nc1C(=O)O. The van der Waals surface area contributed by atoms with Crippen LogP contribution in [0.3, 0.4) is 0 Å². The highest BCUT2D eigenvalue weighted by molar-refractivity contribution is 5.94. The first kappa shape index (κ1) is 9.76. The van der Waals surface area contributed by atoms with Crippen LogP contribution in [-0.4, -0.2) is 27.3 Å². The topological polar surface area (TPSA) is 80.2 Å². The van der Waals surface area contributed by atoms with Gasteiger partial charge in [0.15, 0.2) is 12.0 Å². The molecule has 0 unspecified atom stereocenters. The maximum atomic E-state index is 10.8. The zero-order chi connectivity index (χ0) is 10.8. The molecule has 78 valence electrons. The number of carboxylic acid groups (broad SMARTS) is 1. The molecule has 15 heavy (non-hydrogen) atoms. The summed E-state index contributed by atoms with van der Waals surface area (Å²) in [7, 11) is 0. The highest BCUT2D eigenvalue weighted by Gasteiger charge is 2.23. The fourth-order valence-electron chi connectivity index (χ4n) is 1.36. The van der Waals surface area contributed by atoms with E-state index in [4.69, 9.17) is 5.11 Å². The summed E-state index contributed by atoms with van der Waals surface area (Å²) in [6, 6.07) is 0. The third-order valence-corrected chi connectivity index (χ3v) is 2.36. The lowest BCUT2D eigenvalue weighted by atomic mass is 10.2. The normalized spacial score (nSPS) is 14.9. The van der Waals surface area contributed by atoms with Crippen LogP contribution in [-0.2, 0) is 6.42 Å². The summed E-state index contributed by atoms with van der Waals surface area (Å²) in [5.74, 6) is -0.0780. The Kier molecular flexibility index (Phi) is 2.45. The zero-order valence-electron chi connectivity index (χ0n) is 8.01. The molecule has 5 heteroatoms. The van der Waals surface area contributed by atoms with Gasteiger partial charge in [-0.2, -0.15) is 0 Å². The smallest absolute Gasteiger partial charge is 0.355 e. The van der Waals surface area contributed by atoms with Crippen LogP contribution >= 0.6 is 0 Å². The van der Waals surface area contributed by atoms with Crippen LogP contribution in [0.4, 0.5) is 0 Å². The molecule has 0 aromatic carbocycles. The van der Waals surface area contributed by atoms with E-state index in [0.29, 0.717) is 24.4 Å². The molecule has 1 aliphatic rings. The second-order valence-electron chi connectivity index (χ2n) is 3.66. The lowest BCUT2D eigenvalue weighted by Crippen LogP contribution is -2.09. The molecule has 0 bridgehead atoms. The number of rotatable bonds is 4. The van der Waals surface area contributed by atoms with Gasteiger partial charge in [-0.3, -0.25) is 4.79 Å². The van der Waals surface area contributed by atoms with Gasteiger partial charge in [-0.15, -0.1) is 0 Å². The molecule has 1 heterocycles. The molecule has 1 saturated carbocycles. The Hall–Kier alpha value is -1.78. The van der Waals surface area contributed by atoms with E-state index in [-0.39, 0.29) is 11.3 Å². The molecule has 0 aliphatic heterocycles. The van der Waals surface area contributed by atoms with Crippen LogP contribution in [0.15, 0.2) is 6.20 Å². The van der Waals surface area contributed by atoms with Crippen molar-refractivity contribution in [1.29, 1.82) is 0 Å². The monoisotopic (exact) mass is 206 g/mol. The molecule has 1 aliphatic carbocycles. The van der Waals surface area contributed by atoms with Crippen LogP contribution in [0.25, 0.3) is 0 Å². The number of hydrogen-bond donors (Lipinski definition) is 1. The van der Waals surface area contributed by atoms with Crippen LogP contribution in [0, 0.1) is 5.92 Å².